The van der Waals surface area contributed by atoms with Crippen LogP contribution >= 0.6 is 15.6 Å². The van der Waals surface area contributed by atoms with Gasteiger partial charge in [0.05, 0.1) is 25.9 Å². The summed E-state index contributed by atoms with van der Waals surface area (Å²) < 4.78 is 76.3. The Kier molecular flexibility index (Phi) is 7.26. The number of fused-ring (bicyclic) bond motifs is 5. The molecule has 0 aromatic carbocycles. The fraction of sp³-hybridized carbons (Fsp3) is 0.500. The molecule has 0 radical (unpaired) electrons. The van der Waals surface area contributed by atoms with Gasteiger partial charge in [0.25, 0.3) is 5.56 Å². The molecule has 0 saturated carbocycles. The number of ether oxygens (including phenoxy) is 2. The summed E-state index contributed by atoms with van der Waals surface area (Å²) in [6, 6.07) is 0. The summed E-state index contributed by atoms with van der Waals surface area (Å²) in [5.41, 5.74) is 10.6. The highest BCUT2D eigenvalue weighted by molar-refractivity contribution is 7.47. The standard InChI is InChI=1S/C20H23FN10O12P2/c21-8-12-7(41-18(8)30-4-26-9-14(22)24-3-25-15(9)30)2-39-45(36,37)43-13-11(32)6(1-38-44(34,35)42-12)40-19(13)31-5-27-10-16(31)28-20(23)29-17(10)33/h3-8,11-13,18-19,32H,1-2H2,(H,34,35)(H,36,37)(H2,22,24,25)(H3,23,28,29,33)/t6-,7-,8?,11+,12+,13?,18-,19-/m1/s1. The topological polar surface area (TPSA) is 309 Å². The van der Waals surface area contributed by atoms with Crippen LogP contribution in [0.15, 0.2) is 23.8 Å². The maximum Gasteiger partial charge on any atom is 0.472 e. The van der Waals surface area contributed by atoms with Crippen LogP contribution in [0.25, 0.3) is 22.3 Å². The Labute approximate surface area is 248 Å². The zero-order valence-electron chi connectivity index (χ0n) is 22.3. The van der Waals surface area contributed by atoms with Crippen LogP contribution in [0.2, 0.25) is 0 Å². The predicted octanol–water partition coefficient (Wildman–Crippen LogP) is -1.36. The summed E-state index contributed by atoms with van der Waals surface area (Å²) in [7, 11) is -10.3. The number of aromatic amines is 1. The van der Waals surface area contributed by atoms with Gasteiger partial charge in [-0.25, -0.2) is 33.5 Å². The molecule has 4 aromatic heterocycles. The first-order valence-electron chi connectivity index (χ1n) is 12.9. The molecule has 3 fully saturated rings. The third kappa shape index (κ3) is 5.30. The van der Waals surface area contributed by atoms with E-state index in [1.54, 1.807) is 0 Å². The largest absolute Gasteiger partial charge is 0.472 e. The molecule has 7 rings (SSSR count). The Balaban J connectivity index is 1.21. The highest BCUT2D eigenvalue weighted by atomic mass is 31.2. The number of nitrogens with one attached hydrogen (secondary N) is 1. The number of hydrogen-bond acceptors (Lipinski definition) is 17. The molecule has 4 aromatic rings. The third-order valence-corrected chi connectivity index (χ3v) is 9.25. The Hall–Kier alpha value is -3.47. The fourth-order valence-corrected chi connectivity index (χ4v) is 7.15. The first-order chi connectivity index (χ1) is 21.3. The van der Waals surface area contributed by atoms with Gasteiger partial charge in [-0.2, -0.15) is 4.98 Å². The zero-order valence-corrected chi connectivity index (χ0v) is 24.1. The number of anilines is 2. The quantitative estimate of drug-likeness (QED) is 0.133. The Morgan fingerprint density at radius 3 is 2.24 bits per heavy atom. The van der Waals surface area contributed by atoms with Crippen molar-refractivity contribution in [3.8, 4) is 0 Å². The molecule has 3 aliphatic heterocycles. The summed E-state index contributed by atoms with van der Waals surface area (Å²) in [6.07, 6.45) is -10.5. The van der Waals surface area contributed by atoms with Gasteiger partial charge >= 0.3 is 15.6 Å². The van der Waals surface area contributed by atoms with Crippen molar-refractivity contribution in [3.63, 3.8) is 0 Å². The molecule has 242 valence electrons. The number of nitrogen functional groups attached to an aromatic ring is 2. The Bertz CT molecular complexity index is 1940. The minimum absolute atomic E-state index is 0.00648. The predicted molar refractivity (Wildman–Crippen MR) is 142 cm³/mol. The maximum atomic E-state index is 15.9. The summed E-state index contributed by atoms with van der Waals surface area (Å²) in [4.78, 5) is 55.5. The van der Waals surface area contributed by atoms with Gasteiger partial charge in [-0.15, -0.1) is 0 Å². The van der Waals surface area contributed by atoms with Gasteiger partial charge in [0, 0.05) is 0 Å². The lowest BCUT2D eigenvalue weighted by Gasteiger charge is -2.25. The molecule has 7 heterocycles. The van der Waals surface area contributed by atoms with Gasteiger partial charge in [-0.1, -0.05) is 0 Å². The van der Waals surface area contributed by atoms with Crippen molar-refractivity contribution in [3.05, 3.63) is 29.3 Å². The minimum Gasteiger partial charge on any atom is -0.387 e. The van der Waals surface area contributed by atoms with Gasteiger partial charge in [0.2, 0.25) is 5.95 Å². The van der Waals surface area contributed by atoms with Crippen LogP contribution in [0, 0.1) is 0 Å². The number of halogens is 1. The normalized spacial score (nSPS) is 37.7. The van der Waals surface area contributed by atoms with Gasteiger partial charge in [0.15, 0.2) is 41.3 Å². The average Bonchev–Trinajstić information content (AvgIpc) is 3.72. The zero-order chi connectivity index (χ0) is 31.8. The SMILES string of the molecule is Nc1nc2c(ncn2[C@@H]2O[C@@H]3COP(=O)(O)O[C@@H]4C(F)[C@H](n5cnc6c(N)ncnc65)O[C@@H]4COP(=O)(O)OC2[C@H]3O)c(=O)[nH]1. The minimum atomic E-state index is -5.15. The average molecular weight is 676 g/mol. The van der Waals surface area contributed by atoms with Crippen molar-refractivity contribution in [2.24, 2.45) is 0 Å². The number of H-pyrrole nitrogens is 1. The lowest BCUT2D eigenvalue weighted by atomic mass is 10.1. The van der Waals surface area contributed by atoms with Crippen LogP contribution in [0.1, 0.15) is 12.5 Å². The van der Waals surface area contributed by atoms with Gasteiger partial charge in [0.1, 0.15) is 42.4 Å². The van der Waals surface area contributed by atoms with E-state index >= 15 is 4.39 Å². The summed E-state index contributed by atoms with van der Waals surface area (Å²) in [5, 5.41) is 11.0. The van der Waals surface area contributed by atoms with Crippen molar-refractivity contribution < 1.29 is 56.0 Å². The number of phosphoric acid groups is 2. The first-order valence-corrected chi connectivity index (χ1v) is 15.9. The highest BCUT2D eigenvalue weighted by Crippen LogP contribution is 2.54. The van der Waals surface area contributed by atoms with E-state index in [0.717, 1.165) is 28.1 Å². The molecular formula is C20H23FN10O12P2. The van der Waals surface area contributed by atoms with Crippen LogP contribution in [-0.4, -0.2) is 104 Å². The van der Waals surface area contributed by atoms with E-state index < -0.39 is 83.6 Å². The van der Waals surface area contributed by atoms with Crippen molar-refractivity contribution >= 4 is 49.7 Å². The third-order valence-electron chi connectivity index (χ3n) is 7.28. The number of aliphatic hydroxyl groups excluding tert-OH is 1. The van der Waals surface area contributed by atoms with E-state index in [0.29, 0.717) is 0 Å². The van der Waals surface area contributed by atoms with Gasteiger partial charge < -0.3 is 35.8 Å². The number of hydrogen-bond donors (Lipinski definition) is 6. The van der Waals surface area contributed by atoms with Crippen molar-refractivity contribution in [1.82, 2.24) is 39.0 Å². The second-order valence-electron chi connectivity index (χ2n) is 10.1. The molecule has 0 spiro atoms. The summed E-state index contributed by atoms with van der Waals surface area (Å²) in [5.74, 6) is -0.301. The number of rotatable bonds is 2. The number of phosphoric ester groups is 2. The number of aliphatic hydroxyl groups is 1. The summed E-state index contributed by atoms with van der Waals surface area (Å²) >= 11 is 0. The number of nitrogens with two attached hydrogens (primary N) is 2. The molecule has 0 amide bonds. The highest BCUT2D eigenvalue weighted by Gasteiger charge is 2.54. The molecule has 45 heavy (non-hydrogen) atoms. The van der Waals surface area contributed by atoms with Crippen LogP contribution in [0.3, 0.4) is 0 Å². The Morgan fingerprint density at radius 2 is 1.51 bits per heavy atom. The Morgan fingerprint density at radius 1 is 0.889 bits per heavy atom. The molecule has 2 bridgehead atoms. The van der Waals surface area contributed by atoms with Gasteiger partial charge in [-0.05, 0) is 0 Å². The molecule has 3 aliphatic rings. The van der Waals surface area contributed by atoms with Gasteiger partial charge in [-0.3, -0.25) is 37.0 Å². The van der Waals surface area contributed by atoms with Crippen LogP contribution in [0.5, 0.6) is 0 Å². The smallest absolute Gasteiger partial charge is 0.387 e. The van der Waals surface area contributed by atoms with E-state index in [9.17, 15) is 28.8 Å². The number of nitrogens with zero attached hydrogens (tertiary/aromatic N) is 7. The molecule has 3 saturated heterocycles. The van der Waals surface area contributed by atoms with E-state index in [4.69, 9.17) is 39.0 Å². The molecule has 4 unspecified atom stereocenters. The van der Waals surface area contributed by atoms with Crippen LogP contribution in [0.4, 0.5) is 16.2 Å². The molecule has 10 atom stereocenters. The lowest BCUT2D eigenvalue weighted by molar-refractivity contribution is -0.0670. The molecule has 0 aliphatic carbocycles. The first kappa shape index (κ1) is 30.2. The fourth-order valence-electron chi connectivity index (χ4n) is 5.26. The van der Waals surface area contributed by atoms with Crippen LogP contribution in [-0.2, 0) is 36.7 Å². The maximum absolute atomic E-state index is 15.9. The van der Waals surface area contributed by atoms with Crippen LogP contribution < -0.4 is 17.0 Å². The summed E-state index contributed by atoms with van der Waals surface area (Å²) in [6.45, 7) is -1.77. The molecule has 22 nitrogen and oxygen atoms in total. The van der Waals surface area contributed by atoms with E-state index in [2.05, 4.69) is 29.9 Å². The number of imidazole rings is 2. The lowest BCUT2D eigenvalue weighted by Crippen LogP contribution is -2.35. The second-order valence-corrected chi connectivity index (χ2v) is 12.9. The van der Waals surface area contributed by atoms with Crippen molar-refractivity contribution in [1.29, 1.82) is 0 Å². The van der Waals surface area contributed by atoms with Crippen molar-refractivity contribution in [2.45, 2.75) is 49.1 Å². The second kappa shape index (κ2) is 10.8. The molecular weight excluding hydrogens is 653 g/mol. The monoisotopic (exact) mass is 676 g/mol. The number of aromatic nitrogens is 8. The van der Waals surface area contributed by atoms with Crippen molar-refractivity contribution in [2.75, 3.05) is 24.7 Å². The molecule has 8 N–H and O–H groups in total. The van der Waals surface area contributed by atoms with E-state index in [1.165, 1.54) is 0 Å². The molecule has 25 heteroatoms. The van der Waals surface area contributed by atoms with E-state index in [-0.39, 0.29) is 34.1 Å². The van der Waals surface area contributed by atoms with E-state index in [1.807, 2.05) is 0 Å². The number of alkyl halides is 1.